The normalized spacial score (nSPS) is 33.4. The first-order chi connectivity index (χ1) is 18.1. The van der Waals surface area contributed by atoms with Crippen LogP contribution < -0.4 is 4.90 Å². The molecule has 0 aromatic heterocycles. The lowest BCUT2D eigenvalue weighted by Gasteiger charge is -2.40. The van der Waals surface area contributed by atoms with Crippen LogP contribution in [0.3, 0.4) is 0 Å². The van der Waals surface area contributed by atoms with Crippen LogP contribution >= 0.6 is 11.8 Å². The fourth-order valence-electron chi connectivity index (χ4n) is 7.07. The van der Waals surface area contributed by atoms with Crippen molar-refractivity contribution < 1.29 is 24.2 Å². The Kier molecular flexibility index (Phi) is 7.01. The van der Waals surface area contributed by atoms with Gasteiger partial charge < -0.3 is 19.6 Å². The number of aryl methyl sites for hydroxylation is 2. The van der Waals surface area contributed by atoms with Crippen LogP contribution in [0.1, 0.15) is 44.7 Å². The van der Waals surface area contributed by atoms with Crippen molar-refractivity contribution in [3.63, 3.8) is 0 Å². The Labute approximate surface area is 229 Å². The number of likely N-dealkylation sites (tertiary alicyclic amines) is 1. The minimum Gasteiger partial charge on any atom is -0.465 e. The van der Waals surface area contributed by atoms with Crippen LogP contribution in [0.15, 0.2) is 42.5 Å². The van der Waals surface area contributed by atoms with Gasteiger partial charge in [-0.25, -0.2) is 0 Å². The second-order valence-electron chi connectivity index (χ2n) is 11.7. The molecule has 2 saturated heterocycles. The fourth-order valence-corrected chi connectivity index (χ4v) is 9.21. The number of para-hydroxylation sites is 1. The molecule has 5 rings (SSSR count). The number of amides is 2. The third-order valence-electron chi connectivity index (χ3n) is 8.51. The summed E-state index contributed by atoms with van der Waals surface area (Å²) in [6.45, 7) is 10.4. The summed E-state index contributed by atoms with van der Waals surface area (Å²) in [7, 11) is 0. The Hall–Kier alpha value is -2.58. The van der Waals surface area contributed by atoms with Crippen LogP contribution in [-0.2, 0) is 19.1 Å². The van der Waals surface area contributed by atoms with Crippen molar-refractivity contribution in [1.29, 1.82) is 0 Å². The number of thioether (sulfide) groups is 1. The number of rotatable bonds is 5. The minimum atomic E-state index is -0.961. The predicted molar refractivity (Wildman–Crippen MR) is 149 cm³/mol. The molecular formula is C30H38N2O5S. The number of ether oxygens (including phenoxy) is 1. The van der Waals surface area contributed by atoms with Gasteiger partial charge in [-0.2, -0.15) is 0 Å². The second kappa shape index (κ2) is 9.87. The molecular weight excluding hydrogens is 500 g/mol. The van der Waals surface area contributed by atoms with E-state index in [9.17, 15) is 19.5 Å². The van der Waals surface area contributed by atoms with E-state index >= 15 is 0 Å². The number of hydrogen-bond donors (Lipinski definition) is 1. The molecule has 6 atom stereocenters. The number of carbonyl (C=O) groups is 3. The van der Waals surface area contributed by atoms with Gasteiger partial charge in [0.25, 0.3) is 5.91 Å². The number of nitrogens with zero attached hydrogens (tertiary/aromatic N) is 2. The average molecular weight is 539 g/mol. The molecule has 2 fully saturated rings. The highest BCUT2D eigenvalue weighted by atomic mass is 32.2. The van der Waals surface area contributed by atoms with Gasteiger partial charge in [-0.15, -0.1) is 11.8 Å². The fraction of sp³-hybridized carbons (Fsp3) is 0.567. The van der Waals surface area contributed by atoms with Crippen LogP contribution in [0.2, 0.25) is 0 Å². The second-order valence-corrected chi connectivity index (χ2v) is 13.4. The van der Waals surface area contributed by atoms with Crippen LogP contribution in [0.4, 0.5) is 5.69 Å². The van der Waals surface area contributed by atoms with Gasteiger partial charge in [0.1, 0.15) is 6.04 Å². The van der Waals surface area contributed by atoms with E-state index in [0.717, 1.165) is 16.8 Å². The molecule has 38 heavy (non-hydrogen) atoms. The zero-order valence-corrected chi connectivity index (χ0v) is 23.7. The standard InChI is InChI=1S/C30H38N2O5S/c1-18(2)16-21(17-33)32-25-27(35)31(24-19(3)10-8-11-20(24)4)14-9-13-30(25)22(26(32)34)23-28(36)37-15-7-6-12-29(23,5)38-30/h6,8-13,18,21-23,25,33H,7,14-17H2,1-5H3/t21-,22+,23+,25?,29-,30+/m1/s1. The maximum absolute atomic E-state index is 14.7. The van der Waals surface area contributed by atoms with E-state index < -0.39 is 33.4 Å². The van der Waals surface area contributed by atoms with E-state index in [0.29, 0.717) is 19.4 Å². The number of hydrogen-bond acceptors (Lipinski definition) is 6. The van der Waals surface area contributed by atoms with E-state index in [1.807, 2.05) is 77.1 Å². The van der Waals surface area contributed by atoms with E-state index in [1.165, 1.54) is 11.8 Å². The van der Waals surface area contributed by atoms with Gasteiger partial charge in [0.15, 0.2) is 0 Å². The molecule has 0 saturated carbocycles. The maximum atomic E-state index is 14.7. The quantitative estimate of drug-likeness (QED) is 0.453. The molecule has 4 aliphatic rings. The van der Waals surface area contributed by atoms with Crippen molar-refractivity contribution in [1.82, 2.24) is 4.90 Å². The molecule has 4 aliphatic heterocycles. The Bertz CT molecular complexity index is 1190. The molecule has 2 amide bonds. The number of cyclic esters (lactones) is 1. The number of benzene rings is 1. The number of aliphatic hydroxyl groups excluding tert-OH is 1. The van der Waals surface area contributed by atoms with Crippen LogP contribution in [0.25, 0.3) is 0 Å². The summed E-state index contributed by atoms with van der Waals surface area (Å²) in [6.07, 6.45) is 9.22. The van der Waals surface area contributed by atoms with Crippen molar-refractivity contribution in [3.8, 4) is 0 Å². The smallest absolute Gasteiger partial charge is 0.311 e. The summed E-state index contributed by atoms with van der Waals surface area (Å²) >= 11 is 1.54. The summed E-state index contributed by atoms with van der Waals surface area (Å²) < 4.78 is 3.96. The van der Waals surface area contributed by atoms with Gasteiger partial charge in [-0.1, -0.05) is 56.4 Å². The number of esters is 1. The van der Waals surface area contributed by atoms with E-state index in [1.54, 1.807) is 9.80 Å². The van der Waals surface area contributed by atoms with Gasteiger partial charge in [0, 0.05) is 17.0 Å². The molecule has 1 N–H and O–H groups in total. The zero-order valence-electron chi connectivity index (χ0n) is 22.8. The van der Waals surface area contributed by atoms with Gasteiger partial charge in [0.05, 0.1) is 35.8 Å². The van der Waals surface area contributed by atoms with Crippen LogP contribution in [0.5, 0.6) is 0 Å². The molecule has 204 valence electrons. The Morgan fingerprint density at radius 1 is 1.08 bits per heavy atom. The van der Waals surface area contributed by atoms with Gasteiger partial charge in [-0.3, -0.25) is 14.4 Å². The molecule has 1 aromatic rings. The Balaban J connectivity index is 1.70. The van der Waals surface area contributed by atoms with Crippen molar-refractivity contribution >= 4 is 35.2 Å². The van der Waals surface area contributed by atoms with Crippen molar-refractivity contribution in [2.24, 2.45) is 17.8 Å². The van der Waals surface area contributed by atoms with Crippen molar-refractivity contribution in [2.75, 3.05) is 24.7 Å². The molecule has 0 aliphatic carbocycles. The zero-order chi connectivity index (χ0) is 27.4. The Morgan fingerprint density at radius 3 is 2.45 bits per heavy atom. The SMILES string of the molecule is Cc1cccc(C)c1N1CC=C[C@]23S[C@]4(C)C=CCCOC(=O)[C@@H]4[C@H]2C(=O)N([C@@H](CO)CC(C)C)C3C1=O. The lowest BCUT2D eigenvalue weighted by atomic mass is 9.74. The molecule has 1 unspecified atom stereocenters. The molecule has 7 nitrogen and oxygen atoms in total. The molecule has 4 heterocycles. The largest absolute Gasteiger partial charge is 0.465 e. The van der Waals surface area contributed by atoms with E-state index in [4.69, 9.17) is 4.74 Å². The number of aliphatic hydroxyl groups is 1. The van der Waals surface area contributed by atoms with Gasteiger partial charge in [0.2, 0.25) is 5.91 Å². The lowest BCUT2D eigenvalue weighted by molar-refractivity contribution is -0.154. The number of fused-ring (bicyclic) bond motifs is 2. The topological polar surface area (TPSA) is 87.2 Å². The van der Waals surface area contributed by atoms with Gasteiger partial charge in [-0.05, 0) is 50.7 Å². The van der Waals surface area contributed by atoms with E-state index in [-0.39, 0.29) is 36.9 Å². The monoisotopic (exact) mass is 538 g/mol. The Morgan fingerprint density at radius 2 is 1.79 bits per heavy atom. The number of anilines is 1. The first-order valence-corrected chi connectivity index (χ1v) is 14.4. The highest BCUT2D eigenvalue weighted by molar-refractivity contribution is 8.02. The third-order valence-corrected chi connectivity index (χ3v) is 10.3. The maximum Gasteiger partial charge on any atom is 0.311 e. The number of carbonyl (C=O) groups excluding carboxylic acids is 3. The minimum absolute atomic E-state index is 0.173. The highest BCUT2D eigenvalue weighted by Gasteiger charge is 2.74. The van der Waals surface area contributed by atoms with E-state index in [2.05, 4.69) is 0 Å². The van der Waals surface area contributed by atoms with Crippen LogP contribution in [0, 0.1) is 31.6 Å². The highest BCUT2D eigenvalue weighted by Crippen LogP contribution is 2.65. The summed E-state index contributed by atoms with van der Waals surface area (Å²) in [5, 5.41) is 10.5. The third kappa shape index (κ3) is 4.02. The average Bonchev–Trinajstić information content (AvgIpc) is 3.17. The lowest BCUT2D eigenvalue weighted by Crippen LogP contribution is -2.57. The summed E-state index contributed by atoms with van der Waals surface area (Å²) in [5.41, 5.74) is 2.81. The summed E-state index contributed by atoms with van der Waals surface area (Å²) in [4.78, 5) is 46.1. The molecule has 0 radical (unpaired) electrons. The summed E-state index contributed by atoms with van der Waals surface area (Å²) in [5.74, 6) is -2.10. The predicted octanol–water partition coefficient (Wildman–Crippen LogP) is 3.80. The van der Waals surface area contributed by atoms with Crippen LogP contribution in [-0.4, -0.2) is 69.1 Å². The van der Waals surface area contributed by atoms with Crippen molar-refractivity contribution in [2.45, 2.75) is 69.0 Å². The van der Waals surface area contributed by atoms with Gasteiger partial charge >= 0.3 is 5.97 Å². The molecule has 1 aromatic carbocycles. The molecule has 8 heteroatoms. The summed E-state index contributed by atoms with van der Waals surface area (Å²) in [6, 6.07) is 4.57. The molecule has 1 spiro atoms. The molecule has 0 bridgehead atoms. The first kappa shape index (κ1) is 27.0. The van der Waals surface area contributed by atoms with Crippen molar-refractivity contribution in [3.05, 3.63) is 53.6 Å². The first-order valence-electron chi connectivity index (χ1n) is 13.6.